The van der Waals surface area contributed by atoms with Gasteiger partial charge in [-0.3, -0.25) is 0 Å². The molecule has 0 saturated carbocycles. The van der Waals surface area contributed by atoms with Crippen molar-refractivity contribution < 1.29 is 72.7 Å². The Bertz CT molecular complexity index is 347. The van der Waals surface area contributed by atoms with Gasteiger partial charge in [0, 0.05) is 12.6 Å². The summed E-state index contributed by atoms with van der Waals surface area (Å²) >= 11 is 0. The molecule has 15 heavy (non-hydrogen) atoms. The van der Waals surface area contributed by atoms with Gasteiger partial charge in [-0.25, -0.2) is 8.42 Å². The van der Waals surface area contributed by atoms with Crippen molar-refractivity contribution in [1.29, 1.82) is 0 Å². The summed E-state index contributed by atoms with van der Waals surface area (Å²) in [7, 11) is -3.08. The number of fused-ring (bicyclic) bond motifs is 2. The van der Waals surface area contributed by atoms with Crippen molar-refractivity contribution in [3.05, 3.63) is 0 Å². The number of nitrogens with zero attached hydrogens (tertiary/aromatic N) is 1. The van der Waals surface area contributed by atoms with Crippen molar-refractivity contribution in [2.24, 2.45) is 0 Å². The zero-order chi connectivity index (χ0) is 10.6. The summed E-state index contributed by atoms with van der Waals surface area (Å²) in [4.78, 5) is 1.26. The van der Waals surface area contributed by atoms with Crippen LogP contribution >= 0.6 is 0 Å². The Labute approximate surface area is 129 Å². The van der Waals surface area contributed by atoms with Gasteiger partial charge >= 0.3 is 58.4 Å². The van der Waals surface area contributed by atoms with E-state index in [0.29, 0.717) is 6.42 Å². The van der Waals surface area contributed by atoms with Crippen molar-refractivity contribution in [3.63, 3.8) is 0 Å². The molecule has 2 aliphatic heterocycles. The second kappa shape index (κ2) is 4.58. The van der Waals surface area contributed by atoms with Gasteiger partial charge in [0.25, 0.3) is 0 Å². The monoisotopic (exact) mass is 267 g/mol. The van der Waals surface area contributed by atoms with Crippen LogP contribution in [-0.4, -0.2) is 50.3 Å². The van der Waals surface area contributed by atoms with Gasteiger partial charge in [-0.15, -0.1) is 0 Å². The summed E-state index contributed by atoms with van der Waals surface area (Å²) in [6.45, 7) is -4.77. The molecule has 2 atom stereocenters. The summed E-state index contributed by atoms with van der Waals surface area (Å²) in [5, 5.41) is -0.550. The Morgan fingerprint density at radius 1 is 1.33 bits per heavy atom. The molecule has 0 aromatic rings. The third-order valence-electron chi connectivity index (χ3n) is 2.86. The maximum atomic E-state index is 12.1. The third-order valence-corrected chi connectivity index (χ3v) is 5.07. The van der Waals surface area contributed by atoms with E-state index in [1.165, 1.54) is 4.90 Å². The second-order valence-corrected chi connectivity index (χ2v) is 6.33. The van der Waals surface area contributed by atoms with Crippen molar-refractivity contribution >= 4 is 16.8 Å². The van der Waals surface area contributed by atoms with E-state index >= 15 is 0 Å². The number of hydrogen-bond donors (Lipinski definition) is 0. The minimum Gasteiger partial charge on any atom is -0.448 e. The quantitative estimate of drug-likeness (QED) is 0.509. The Hall–Kier alpha value is 1.40. The van der Waals surface area contributed by atoms with Crippen molar-refractivity contribution in [3.8, 4) is 0 Å². The Kier molecular flexibility index (Phi) is 4.42. The average Bonchev–Trinajstić information content (AvgIpc) is 2.38. The minimum absolute atomic E-state index is 0. The van der Waals surface area contributed by atoms with E-state index in [1.54, 1.807) is 0 Å². The van der Waals surface area contributed by atoms with Crippen LogP contribution < -0.4 is 51.4 Å². The molecule has 0 N–H and O–H groups in total. The molecular formula is C6H10BF3KNO2S. The van der Waals surface area contributed by atoms with E-state index in [1.807, 2.05) is 0 Å². The Morgan fingerprint density at radius 3 is 2.27 bits per heavy atom. The van der Waals surface area contributed by atoms with E-state index in [0.717, 1.165) is 0 Å². The molecule has 2 bridgehead atoms. The van der Waals surface area contributed by atoms with E-state index in [9.17, 15) is 21.4 Å². The predicted molar refractivity (Wildman–Crippen MR) is 46.6 cm³/mol. The average molecular weight is 267 g/mol. The molecule has 0 aliphatic carbocycles. The van der Waals surface area contributed by atoms with Crippen LogP contribution in [-0.2, 0) is 9.84 Å². The molecule has 0 radical (unpaired) electrons. The summed E-state index contributed by atoms with van der Waals surface area (Å²) < 4.78 is 58.8. The van der Waals surface area contributed by atoms with Crippen LogP contribution in [0.3, 0.4) is 0 Å². The first-order valence-electron chi connectivity index (χ1n) is 4.44. The van der Waals surface area contributed by atoms with Gasteiger partial charge in [0.05, 0.1) is 11.0 Å². The molecule has 2 heterocycles. The molecule has 2 saturated heterocycles. The van der Waals surface area contributed by atoms with E-state index in [2.05, 4.69) is 0 Å². The maximum Gasteiger partial charge on any atom is 1.00 e. The van der Waals surface area contributed by atoms with Crippen molar-refractivity contribution in [1.82, 2.24) is 4.90 Å². The van der Waals surface area contributed by atoms with Gasteiger partial charge in [-0.1, -0.05) is 0 Å². The van der Waals surface area contributed by atoms with Crippen LogP contribution in [0.1, 0.15) is 6.42 Å². The first-order valence-corrected chi connectivity index (χ1v) is 6.16. The van der Waals surface area contributed by atoms with Gasteiger partial charge in [0.1, 0.15) is 0 Å². The number of hydrogen-bond acceptors (Lipinski definition) is 3. The zero-order valence-corrected chi connectivity index (χ0v) is 12.3. The summed E-state index contributed by atoms with van der Waals surface area (Å²) in [5.74, 6) is -0.0934. The largest absolute Gasteiger partial charge is 1.00 e. The summed E-state index contributed by atoms with van der Waals surface area (Å²) in [5.41, 5.74) is 0. The molecule has 2 rings (SSSR count). The van der Waals surface area contributed by atoms with Crippen LogP contribution in [0.2, 0.25) is 0 Å². The predicted octanol–water partition coefficient (Wildman–Crippen LogP) is -2.75. The molecule has 2 fully saturated rings. The number of sulfone groups is 1. The number of likely N-dealkylation sites (tertiary alicyclic amines) is 1. The van der Waals surface area contributed by atoms with Crippen LogP contribution in [0.4, 0.5) is 12.9 Å². The minimum atomic E-state index is -4.83. The summed E-state index contributed by atoms with van der Waals surface area (Å²) in [6, 6.07) is -0.395. The normalized spacial score (nSPS) is 34.1. The molecule has 82 valence electrons. The summed E-state index contributed by atoms with van der Waals surface area (Å²) in [6.07, 6.45) is -0.537. The zero-order valence-electron chi connectivity index (χ0n) is 8.37. The molecule has 9 heteroatoms. The fourth-order valence-corrected chi connectivity index (χ4v) is 4.35. The second-order valence-electron chi connectivity index (χ2n) is 4.01. The van der Waals surface area contributed by atoms with Gasteiger partial charge in [-0.05, 0) is 12.9 Å². The Morgan fingerprint density at radius 2 is 1.93 bits per heavy atom. The van der Waals surface area contributed by atoms with E-state index in [4.69, 9.17) is 0 Å². The molecule has 0 aromatic heterocycles. The van der Waals surface area contributed by atoms with Gasteiger partial charge in [0.15, 0.2) is 9.84 Å². The standard InChI is InChI=1S/C6H10BF3NO2S.K/c8-7(9,10)4-11-2-6-1-5(11)3-14(6,12)13;/h5-6H,1-4H2;/q-1;+1. The molecule has 3 nitrogen and oxygen atoms in total. The third kappa shape index (κ3) is 3.20. The molecule has 2 aliphatic rings. The first kappa shape index (κ1) is 14.5. The molecule has 0 spiro atoms. The van der Waals surface area contributed by atoms with E-state index < -0.39 is 34.6 Å². The van der Waals surface area contributed by atoms with Crippen LogP contribution in [0.15, 0.2) is 0 Å². The van der Waals surface area contributed by atoms with Gasteiger partial charge < -0.3 is 17.8 Å². The van der Waals surface area contributed by atoms with Gasteiger partial charge in [0.2, 0.25) is 0 Å². The van der Waals surface area contributed by atoms with Gasteiger partial charge in [-0.2, -0.15) is 0 Å². The van der Waals surface area contributed by atoms with Crippen LogP contribution in [0.5, 0.6) is 0 Å². The first-order chi connectivity index (χ1) is 6.28. The van der Waals surface area contributed by atoms with Crippen LogP contribution in [0, 0.1) is 0 Å². The molecule has 0 amide bonds. The maximum absolute atomic E-state index is 12.1. The number of halogens is 3. The van der Waals surface area contributed by atoms with Crippen molar-refractivity contribution in [2.75, 3.05) is 18.7 Å². The van der Waals surface area contributed by atoms with Crippen molar-refractivity contribution in [2.45, 2.75) is 17.7 Å². The molecule has 0 aromatic carbocycles. The van der Waals surface area contributed by atoms with Crippen LogP contribution in [0.25, 0.3) is 0 Å². The fraction of sp³-hybridized carbons (Fsp3) is 1.00. The molecular weight excluding hydrogens is 257 g/mol. The fourth-order valence-electron chi connectivity index (χ4n) is 2.27. The smallest absolute Gasteiger partial charge is 0.448 e. The topological polar surface area (TPSA) is 37.4 Å². The molecule has 2 unspecified atom stereocenters. The van der Waals surface area contributed by atoms with E-state index in [-0.39, 0.29) is 63.7 Å². The SMILES string of the molecule is O=S1(=O)CC2CC1CN2C[B-](F)(F)F.[K+]. The Balaban J connectivity index is 0.00000112. The number of rotatable bonds is 2.